The number of benzene rings is 3. The van der Waals surface area contributed by atoms with Gasteiger partial charge in [-0.15, -0.1) is 11.3 Å². The number of carbonyl (C=O) groups is 1. The van der Waals surface area contributed by atoms with Gasteiger partial charge in [-0.1, -0.05) is 41.9 Å². The molecule has 5 rings (SSSR count). The number of rotatable bonds is 3. The second kappa shape index (κ2) is 7.07. The maximum absolute atomic E-state index is 13.5. The average molecular weight is 450 g/mol. The van der Waals surface area contributed by atoms with Crippen LogP contribution in [-0.4, -0.2) is 5.78 Å². The Kier molecular flexibility index (Phi) is 4.57. The molecule has 156 valence electrons. The van der Waals surface area contributed by atoms with Crippen LogP contribution >= 0.6 is 22.9 Å². The first-order chi connectivity index (χ1) is 14.8. The van der Waals surface area contributed by atoms with Gasteiger partial charge in [0.05, 0.1) is 15.1 Å². The summed E-state index contributed by atoms with van der Waals surface area (Å²) in [5, 5.41) is 0.786. The summed E-state index contributed by atoms with van der Waals surface area (Å²) < 4.78 is 7.21. The molecule has 1 aliphatic carbocycles. The molecular weight excluding hydrogens is 430 g/mol. The van der Waals surface area contributed by atoms with E-state index in [2.05, 4.69) is 0 Å². The normalized spacial score (nSPS) is 20.3. The number of ketones is 1. The maximum Gasteiger partial charge on any atom is 0.183 e. The van der Waals surface area contributed by atoms with Crippen LogP contribution in [0.1, 0.15) is 28.3 Å². The van der Waals surface area contributed by atoms with Crippen molar-refractivity contribution in [2.24, 2.45) is 11.5 Å². The molecule has 6 N–H and O–H groups in total. The van der Waals surface area contributed by atoms with E-state index in [4.69, 9.17) is 33.5 Å². The van der Waals surface area contributed by atoms with Gasteiger partial charge in [0.15, 0.2) is 5.78 Å². The zero-order valence-electron chi connectivity index (χ0n) is 16.7. The van der Waals surface area contributed by atoms with E-state index in [9.17, 15) is 4.79 Å². The topological polar surface area (TPSA) is 104 Å². The first-order valence-corrected chi connectivity index (χ1v) is 11.0. The fourth-order valence-corrected chi connectivity index (χ4v) is 5.85. The number of anilines is 1. The third-order valence-electron chi connectivity index (χ3n) is 5.87. The zero-order valence-corrected chi connectivity index (χ0v) is 18.3. The Labute approximate surface area is 188 Å². The summed E-state index contributed by atoms with van der Waals surface area (Å²) in [5.41, 5.74) is 21.4. The highest BCUT2D eigenvalue weighted by molar-refractivity contribution is 7.23. The summed E-state index contributed by atoms with van der Waals surface area (Å²) >= 11 is 7.77. The SMILES string of the molecule is Cc1cc(Oc2ccccc2)ccc1C1(N)C(=O)C(N)c2c(Cl)sc3c(N)ccc1c23. The van der Waals surface area contributed by atoms with Crippen LogP contribution in [0.5, 0.6) is 11.5 Å². The molecule has 0 fully saturated rings. The lowest BCUT2D eigenvalue weighted by Gasteiger charge is -2.37. The maximum atomic E-state index is 13.5. The minimum atomic E-state index is -1.42. The molecular formula is C24H20ClN3O2S. The second-order valence-electron chi connectivity index (χ2n) is 7.74. The van der Waals surface area contributed by atoms with Gasteiger partial charge in [-0.3, -0.25) is 4.79 Å². The van der Waals surface area contributed by atoms with Crippen LogP contribution in [0.3, 0.4) is 0 Å². The number of carbonyl (C=O) groups excluding carboxylic acids is 1. The van der Waals surface area contributed by atoms with E-state index in [0.29, 0.717) is 32.5 Å². The van der Waals surface area contributed by atoms with Crippen LogP contribution in [-0.2, 0) is 10.3 Å². The predicted molar refractivity (Wildman–Crippen MR) is 126 cm³/mol. The predicted octanol–water partition coefficient (Wildman–Crippen LogP) is 5.02. The molecule has 0 bridgehead atoms. The Bertz CT molecular complexity index is 1350. The van der Waals surface area contributed by atoms with Gasteiger partial charge in [0.1, 0.15) is 17.0 Å². The van der Waals surface area contributed by atoms with E-state index in [1.54, 1.807) is 6.07 Å². The summed E-state index contributed by atoms with van der Waals surface area (Å²) in [5.74, 6) is 1.09. The van der Waals surface area contributed by atoms with Gasteiger partial charge in [0.2, 0.25) is 0 Å². The van der Waals surface area contributed by atoms with Crippen molar-refractivity contribution in [3.63, 3.8) is 0 Å². The van der Waals surface area contributed by atoms with Crippen molar-refractivity contribution in [3.8, 4) is 11.5 Å². The van der Waals surface area contributed by atoms with E-state index < -0.39 is 11.6 Å². The van der Waals surface area contributed by atoms with Crippen LogP contribution in [0.2, 0.25) is 4.34 Å². The smallest absolute Gasteiger partial charge is 0.183 e. The molecule has 1 aromatic heterocycles. The van der Waals surface area contributed by atoms with Crippen LogP contribution in [0, 0.1) is 6.92 Å². The lowest BCUT2D eigenvalue weighted by atomic mass is 9.70. The van der Waals surface area contributed by atoms with Gasteiger partial charge in [-0.05, 0) is 53.9 Å². The number of aryl methyl sites for hydroxylation is 1. The fourth-order valence-electron chi connectivity index (χ4n) is 4.38. The van der Waals surface area contributed by atoms with Crippen molar-refractivity contribution >= 4 is 44.5 Å². The molecule has 0 saturated carbocycles. The molecule has 4 aromatic rings. The number of ether oxygens (including phenoxy) is 1. The number of hydrogen-bond acceptors (Lipinski definition) is 6. The summed E-state index contributed by atoms with van der Waals surface area (Å²) in [6.45, 7) is 1.91. The number of Topliss-reactive ketones (excluding diaryl/α,β-unsaturated/α-hetero) is 1. The Balaban J connectivity index is 1.68. The van der Waals surface area contributed by atoms with E-state index in [1.165, 1.54) is 11.3 Å². The quantitative estimate of drug-likeness (QED) is 0.381. The largest absolute Gasteiger partial charge is 0.457 e. The highest BCUT2D eigenvalue weighted by atomic mass is 35.5. The highest BCUT2D eigenvalue weighted by Crippen LogP contribution is 2.51. The lowest BCUT2D eigenvalue weighted by Crippen LogP contribution is -2.52. The molecule has 31 heavy (non-hydrogen) atoms. The van der Waals surface area contributed by atoms with Gasteiger partial charge in [-0.2, -0.15) is 0 Å². The minimum absolute atomic E-state index is 0.300. The Morgan fingerprint density at radius 3 is 2.45 bits per heavy atom. The van der Waals surface area contributed by atoms with Crippen molar-refractivity contribution in [1.82, 2.24) is 0 Å². The van der Waals surface area contributed by atoms with Gasteiger partial charge in [0, 0.05) is 16.6 Å². The van der Waals surface area contributed by atoms with Gasteiger partial charge in [-0.25, -0.2) is 0 Å². The third-order valence-corrected chi connectivity index (χ3v) is 7.35. The molecule has 2 atom stereocenters. The standard InChI is InChI=1S/C24H20ClN3O2S/c1-12-11-14(30-13-5-3-2-4-6-13)7-8-15(12)24(28)16-9-10-17(26)21-18(16)19(23(25)31-21)20(27)22(24)29/h2-11,20H,26-28H2,1H3. The Morgan fingerprint density at radius 2 is 1.74 bits per heavy atom. The molecule has 0 spiro atoms. The second-order valence-corrected chi connectivity index (χ2v) is 9.36. The fraction of sp³-hybridized carbons (Fsp3) is 0.125. The monoisotopic (exact) mass is 449 g/mol. The van der Waals surface area contributed by atoms with E-state index >= 15 is 0 Å². The number of para-hydroxylation sites is 1. The number of halogens is 1. The lowest BCUT2D eigenvalue weighted by molar-refractivity contribution is -0.124. The molecule has 1 aliphatic rings. The molecule has 0 saturated heterocycles. The highest BCUT2D eigenvalue weighted by Gasteiger charge is 2.48. The van der Waals surface area contributed by atoms with E-state index in [1.807, 2.05) is 61.5 Å². The van der Waals surface area contributed by atoms with Gasteiger partial charge >= 0.3 is 0 Å². The van der Waals surface area contributed by atoms with Crippen molar-refractivity contribution in [1.29, 1.82) is 0 Å². The number of hydrogen-bond donors (Lipinski definition) is 3. The first kappa shape index (κ1) is 20.0. The molecule has 1 heterocycles. The van der Waals surface area contributed by atoms with E-state index in [-0.39, 0.29) is 5.78 Å². The Hall–Kier alpha value is -2.90. The van der Waals surface area contributed by atoms with Crippen LogP contribution in [0.4, 0.5) is 5.69 Å². The average Bonchev–Trinajstić information content (AvgIpc) is 3.10. The zero-order chi connectivity index (χ0) is 21.9. The summed E-state index contributed by atoms with van der Waals surface area (Å²) in [6.07, 6.45) is 0. The number of thiophene rings is 1. The van der Waals surface area contributed by atoms with E-state index in [0.717, 1.165) is 21.4 Å². The third kappa shape index (κ3) is 2.87. The van der Waals surface area contributed by atoms with Gasteiger partial charge in [0.25, 0.3) is 0 Å². The molecule has 2 unspecified atom stereocenters. The molecule has 0 aliphatic heterocycles. The number of nitrogens with two attached hydrogens (primary N) is 3. The molecule has 5 nitrogen and oxygen atoms in total. The van der Waals surface area contributed by atoms with Gasteiger partial charge < -0.3 is 21.9 Å². The molecule has 3 aromatic carbocycles. The first-order valence-electron chi connectivity index (χ1n) is 9.76. The molecule has 0 radical (unpaired) electrons. The van der Waals surface area contributed by atoms with Crippen molar-refractivity contribution in [3.05, 3.63) is 87.3 Å². The molecule has 7 heteroatoms. The van der Waals surface area contributed by atoms with Crippen LogP contribution in [0.15, 0.2) is 60.7 Å². The van der Waals surface area contributed by atoms with Crippen LogP contribution < -0.4 is 21.9 Å². The minimum Gasteiger partial charge on any atom is -0.457 e. The summed E-state index contributed by atoms with van der Waals surface area (Å²) in [4.78, 5) is 13.5. The number of nitrogen functional groups attached to an aromatic ring is 1. The summed E-state index contributed by atoms with van der Waals surface area (Å²) in [6, 6.07) is 17.7. The van der Waals surface area contributed by atoms with Crippen molar-refractivity contribution in [2.75, 3.05) is 5.73 Å². The molecule has 0 amide bonds. The Morgan fingerprint density at radius 1 is 1.03 bits per heavy atom. The summed E-state index contributed by atoms with van der Waals surface area (Å²) in [7, 11) is 0. The van der Waals surface area contributed by atoms with Crippen molar-refractivity contribution < 1.29 is 9.53 Å². The van der Waals surface area contributed by atoms with Crippen molar-refractivity contribution in [2.45, 2.75) is 18.5 Å². The van der Waals surface area contributed by atoms with Crippen LogP contribution in [0.25, 0.3) is 10.1 Å².